The largest absolute Gasteiger partial charge is 0.441 e. The Labute approximate surface area is 111 Å². The van der Waals surface area contributed by atoms with Crippen molar-refractivity contribution < 1.29 is 18.0 Å². The number of pyridine rings is 1. The molecular formula is C12H12F3NO2S. The number of ketones is 1. The van der Waals surface area contributed by atoms with Crippen molar-refractivity contribution in [1.82, 2.24) is 4.57 Å². The van der Waals surface area contributed by atoms with E-state index in [0.717, 1.165) is 0 Å². The van der Waals surface area contributed by atoms with Gasteiger partial charge in [-0.2, -0.15) is 13.2 Å². The zero-order chi connectivity index (χ0) is 14.0. The molecule has 0 unspecified atom stereocenters. The predicted octanol–water partition coefficient (Wildman–Crippen LogP) is 2.62. The summed E-state index contributed by atoms with van der Waals surface area (Å²) < 4.78 is 37.5. The van der Waals surface area contributed by atoms with E-state index in [1.807, 2.05) is 0 Å². The van der Waals surface area contributed by atoms with Crippen LogP contribution in [0.1, 0.15) is 28.9 Å². The number of carbonyl (C=O) groups is 1. The minimum Gasteiger partial charge on any atom is -0.311 e. The SMILES string of the molecule is O=C1CCCc2c1ccc(=O)n2CCSC(F)(F)F. The zero-order valence-electron chi connectivity index (χ0n) is 10.00. The molecule has 0 bridgehead atoms. The molecule has 104 valence electrons. The van der Waals surface area contributed by atoms with Gasteiger partial charge in [0.05, 0.1) is 0 Å². The van der Waals surface area contributed by atoms with E-state index in [2.05, 4.69) is 0 Å². The summed E-state index contributed by atoms with van der Waals surface area (Å²) in [5, 5.41) is 0. The number of hydrogen-bond donors (Lipinski definition) is 0. The van der Waals surface area contributed by atoms with E-state index in [1.165, 1.54) is 16.7 Å². The first-order chi connectivity index (χ1) is 8.88. The topological polar surface area (TPSA) is 39.1 Å². The Morgan fingerprint density at radius 2 is 1.95 bits per heavy atom. The van der Waals surface area contributed by atoms with Gasteiger partial charge in [-0.25, -0.2) is 0 Å². The van der Waals surface area contributed by atoms with Crippen molar-refractivity contribution in [2.45, 2.75) is 31.3 Å². The first kappa shape index (κ1) is 14.2. The Kier molecular flexibility index (Phi) is 4.03. The molecule has 0 amide bonds. The summed E-state index contributed by atoms with van der Waals surface area (Å²) in [5.74, 6) is -0.271. The van der Waals surface area contributed by atoms with Crippen molar-refractivity contribution in [1.29, 1.82) is 0 Å². The van der Waals surface area contributed by atoms with Crippen molar-refractivity contribution in [3.8, 4) is 0 Å². The second-order valence-corrected chi connectivity index (χ2v) is 5.41. The Morgan fingerprint density at radius 1 is 1.21 bits per heavy atom. The standard InChI is InChI=1S/C12H12F3NO2S/c13-12(14,15)19-7-6-16-9-2-1-3-10(17)8(9)4-5-11(16)18/h4-5H,1-3,6-7H2. The van der Waals surface area contributed by atoms with E-state index >= 15 is 0 Å². The maximum absolute atomic E-state index is 12.1. The summed E-state index contributed by atoms with van der Waals surface area (Å²) in [5.41, 5.74) is -3.60. The van der Waals surface area contributed by atoms with Crippen LogP contribution in [0.4, 0.5) is 13.2 Å². The van der Waals surface area contributed by atoms with Gasteiger partial charge in [-0.3, -0.25) is 9.59 Å². The van der Waals surface area contributed by atoms with E-state index in [-0.39, 0.29) is 35.4 Å². The minimum atomic E-state index is -4.30. The molecule has 3 nitrogen and oxygen atoms in total. The summed E-state index contributed by atoms with van der Waals surface area (Å²) in [7, 11) is 0. The maximum atomic E-state index is 12.1. The zero-order valence-corrected chi connectivity index (χ0v) is 10.8. The molecular weight excluding hydrogens is 279 g/mol. The summed E-state index contributed by atoms with van der Waals surface area (Å²) in [4.78, 5) is 23.4. The summed E-state index contributed by atoms with van der Waals surface area (Å²) in [6.45, 7) is -0.0283. The normalized spacial score (nSPS) is 15.4. The number of aromatic nitrogens is 1. The number of Topliss-reactive ketones (excluding diaryl/α,β-unsaturated/α-hetero) is 1. The van der Waals surface area contributed by atoms with Gasteiger partial charge in [0.2, 0.25) is 0 Å². The number of fused-ring (bicyclic) bond motifs is 1. The van der Waals surface area contributed by atoms with Crippen molar-refractivity contribution in [3.63, 3.8) is 0 Å². The third-order valence-electron chi connectivity index (χ3n) is 2.99. The van der Waals surface area contributed by atoms with Crippen LogP contribution in [-0.2, 0) is 13.0 Å². The van der Waals surface area contributed by atoms with Crippen LogP contribution in [-0.4, -0.2) is 21.6 Å². The minimum absolute atomic E-state index is 0.0283. The molecule has 0 saturated carbocycles. The van der Waals surface area contributed by atoms with Gasteiger partial charge in [0, 0.05) is 36.0 Å². The third kappa shape index (κ3) is 3.40. The van der Waals surface area contributed by atoms with E-state index in [4.69, 9.17) is 0 Å². The number of carbonyl (C=O) groups excluding carboxylic acids is 1. The van der Waals surface area contributed by atoms with E-state index < -0.39 is 5.51 Å². The van der Waals surface area contributed by atoms with Crippen LogP contribution in [0.2, 0.25) is 0 Å². The van der Waals surface area contributed by atoms with Crippen LogP contribution in [0.5, 0.6) is 0 Å². The smallest absolute Gasteiger partial charge is 0.311 e. The molecule has 1 aliphatic carbocycles. The van der Waals surface area contributed by atoms with Crippen LogP contribution in [0.25, 0.3) is 0 Å². The van der Waals surface area contributed by atoms with E-state index in [9.17, 15) is 22.8 Å². The lowest BCUT2D eigenvalue weighted by atomic mass is 9.94. The quantitative estimate of drug-likeness (QED) is 0.859. The lowest BCUT2D eigenvalue weighted by molar-refractivity contribution is -0.0328. The van der Waals surface area contributed by atoms with Gasteiger partial charge >= 0.3 is 5.51 Å². The lowest BCUT2D eigenvalue weighted by Gasteiger charge is -2.20. The molecule has 0 atom stereocenters. The van der Waals surface area contributed by atoms with Crippen LogP contribution in [0.3, 0.4) is 0 Å². The molecule has 1 aliphatic rings. The fourth-order valence-corrected chi connectivity index (χ4v) is 2.70. The average Bonchev–Trinajstić information content (AvgIpc) is 2.31. The van der Waals surface area contributed by atoms with Crippen molar-refractivity contribution in [2.75, 3.05) is 5.75 Å². The Morgan fingerprint density at radius 3 is 2.63 bits per heavy atom. The fourth-order valence-electron chi connectivity index (χ4n) is 2.19. The molecule has 0 radical (unpaired) electrons. The molecule has 0 saturated heterocycles. The second-order valence-electron chi connectivity index (χ2n) is 4.25. The third-order valence-corrected chi connectivity index (χ3v) is 3.71. The first-order valence-electron chi connectivity index (χ1n) is 5.85. The van der Waals surface area contributed by atoms with Crippen LogP contribution >= 0.6 is 11.8 Å². The van der Waals surface area contributed by atoms with Gasteiger partial charge in [0.25, 0.3) is 5.56 Å². The molecule has 19 heavy (non-hydrogen) atoms. The molecule has 0 fully saturated rings. The summed E-state index contributed by atoms with van der Waals surface area (Å²) in [6.07, 6.45) is 1.64. The molecule has 1 heterocycles. The molecule has 1 aromatic rings. The first-order valence-corrected chi connectivity index (χ1v) is 6.83. The van der Waals surface area contributed by atoms with E-state index in [1.54, 1.807) is 0 Å². The number of thioether (sulfide) groups is 1. The van der Waals surface area contributed by atoms with Gasteiger partial charge in [0.1, 0.15) is 0 Å². The number of alkyl halides is 3. The van der Waals surface area contributed by atoms with Gasteiger partial charge in [-0.15, -0.1) is 0 Å². The Balaban J connectivity index is 2.22. The number of rotatable bonds is 3. The molecule has 1 aromatic heterocycles. The lowest BCUT2D eigenvalue weighted by Crippen LogP contribution is -2.28. The van der Waals surface area contributed by atoms with Crippen molar-refractivity contribution >= 4 is 17.5 Å². The van der Waals surface area contributed by atoms with E-state index in [0.29, 0.717) is 30.5 Å². The molecule has 0 N–H and O–H groups in total. The van der Waals surface area contributed by atoms with Gasteiger partial charge in [0.15, 0.2) is 5.78 Å². The Bertz CT molecular complexity index is 551. The molecule has 0 spiro atoms. The highest BCUT2D eigenvalue weighted by Crippen LogP contribution is 2.30. The number of hydrogen-bond acceptors (Lipinski definition) is 3. The number of nitrogens with zero attached hydrogens (tertiary/aromatic N) is 1. The van der Waals surface area contributed by atoms with Crippen LogP contribution in [0, 0.1) is 0 Å². The molecule has 2 rings (SSSR count). The fraction of sp³-hybridized carbons (Fsp3) is 0.500. The van der Waals surface area contributed by atoms with Crippen LogP contribution in [0.15, 0.2) is 16.9 Å². The monoisotopic (exact) mass is 291 g/mol. The summed E-state index contributed by atoms with van der Waals surface area (Å²) >= 11 is -0.156. The Hall–Kier alpha value is -1.24. The predicted molar refractivity (Wildman–Crippen MR) is 66.5 cm³/mol. The highest BCUT2D eigenvalue weighted by Gasteiger charge is 2.28. The maximum Gasteiger partial charge on any atom is 0.441 e. The average molecular weight is 291 g/mol. The molecule has 0 aromatic carbocycles. The van der Waals surface area contributed by atoms with Gasteiger partial charge < -0.3 is 4.57 Å². The highest BCUT2D eigenvalue weighted by atomic mass is 32.2. The summed E-state index contributed by atoms with van der Waals surface area (Å²) in [6, 6.07) is 2.73. The number of halogens is 3. The van der Waals surface area contributed by atoms with Gasteiger partial charge in [-0.1, -0.05) is 0 Å². The van der Waals surface area contributed by atoms with Crippen LogP contribution < -0.4 is 5.56 Å². The molecule has 7 heteroatoms. The second kappa shape index (κ2) is 5.40. The van der Waals surface area contributed by atoms with Crippen molar-refractivity contribution in [3.05, 3.63) is 33.7 Å². The molecule has 0 aliphatic heterocycles. The van der Waals surface area contributed by atoms with Crippen molar-refractivity contribution in [2.24, 2.45) is 0 Å². The van der Waals surface area contributed by atoms with Gasteiger partial charge in [-0.05, 0) is 30.7 Å². The highest BCUT2D eigenvalue weighted by molar-refractivity contribution is 8.00.